The minimum absolute atomic E-state index is 0.122. The van der Waals surface area contributed by atoms with Crippen molar-refractivity contribution in [2.45, 2.75) is 45.8 Å². The Morgan fingerprint density at radius 1 is 1.26 bits per heavy atom. The van der Waals surface area contributed by atoms with Gasteiger partial charge in [-0.25, -0.2) is 4.39 Å². The first-order valence-electron chi connectivity index (χ1n) is 7.55. The van der Waals surface area contributed by atoms with Gasteiger partial charge < -0.3 is 9.31 Å². The lowest BCUT2D eigenvalue weighted by Crippen LogP contribution is -2.41. The van der Waals surface area contributed by atoms with Crippen molar-refractivity contribution in [3.05, 3.63) is 40.6 Å². The van der Waals surface area contributed by atoms with Crippen LogP contribution in [-0.2, 0) is 9.31 Å². The first-order chi connectivity index (χ1) is 10.6. The number of hydrogen-bond donors (Lipinski definition) is 1. The zero-order valence-corrected chi connectivity index (χ0v) is 15.0. The van der Waals surface area contributed by atoms with Crippen molar-refractivity contribution in [1.82, 2.24) is 0 Å². The van der Waals surface area contributed by atoms with Crippen molar-refractivity contribution in [3.8, 4) is 0 Å². The molecule has 2 rings (SSSR count). The molecule has 124 valence electrons. The highest BCUT2D eigenvalue weighted by Gasteiger charge is 2.52. The van der Waals surface area contributed by atoms with Crippen molar-refractivity contribution in [1.29, 1.82) is 0 Å². The molecule has 1 fully saturated rings. The number of carbonyl (C=O) groups is 1. The molecule has 0 radical (unpaired) electrons. The lowest BCUT2D eigenvalue weighted by Gasteiger charge is -2.32. The van der Waals surface area contributed by atoms with Crippen LogP contribution < -0.4 is 0 Å². The van der Waals surface area contributed by atoms with Gasteiger partial charge in [-0.1, -0.05) is 6.08 Å². The third-order valence-corrected chi connectivity index (χ3v) is 4.84. The maximum Gasteiger partial charge on any atom is 0.491 e. The molecule has 0 unspecified atom stereocenters. The summed E-state index contributed by atoms with van der Waals surface area (Å²) in [6.45, 7) is 9.32. The lowest BCUT2D eigenvalue weighted by molar-refractivity contribution is 0.00578. The van der Waals surface area contributed by atoms with Gasteiger partial charge >= 0.3 is 7.12 Å². The number of Topliss-reactive ketones (excluding diaryl/α,β-unsaturated/α-hetero) is 1. The van der Waals surface area contributed by atoms with Crippen LogP contribution in [0.15, 0.2) is 23.7 Å². The van der Waals surface area contributed by atoms with Crippen LogP contribution >= 0.6 is 12.6 Å². The van der Waals surface area contributed by atoms with Crippen molar-refractivity contribution in [3.63, 3.8) is 0 Å². The predicted molar refractivity (Wildman–Crippen MR) is 94.3 cm³/mol. The average molecular weight is 336 g/mol. The summed E-state index contributed by atoms with van der Waals surface area (Å²) >= 11 is 4.34. The van der Waals surface area contributed by atoms with Gasteiger partial charge in [-0.2, -0.15) is 12.6 Å². The molecule has 0 spiro atoms. The quantitative estimate of drug-likeness (QED) is 0.513. The molecule has 1 saturated heterocycles. The molecular weight excluding hydrogens is 314 g/mol. The van der Waals surface area contributed by atoms with E-state index in [-0.39, 0.29) is 5.78 Å². The molecule has 0 atom stereocenters. The van der Waals surface area contributed by atoms with Gasteiger partial charge in [0.15, 0.2) is 5.78 Å². The maximum atomic E-state index is 13.6. The van der Waals surface area contributed by atoms with Crippen LogP contribution in [0.3, 0.4) is 0 Å². The van der Waals surface area contributed by atoms with Gasteiger partial charge in [0.25, 0.3) is 0 Å². The van der Waals surface area contributed by atoms with Gasteiger partial charge in [0.05, 0.1) is 11.2 Å². The van der Waals surface area contributed by atoms with E-state index < -0.39 is 24.1 Å². The van der Waals surface area contributed by atoms with Crippen LogP contribution in [0.2, 0.25) is 0 Å². The van der Waals surface area contributed by atoms with E-state index in [0.717, 1.165) is 5.47 Å². The molecule has 0 saturated carbocycles. The number of ketones is 1. The molecule has 1 aromatic rings. The Balaban J connectivity index is 2.41. The van der Waals surface area contributed by atoms with E-state index in [9.17, 15) is 9.18 Å². The molecule has 0 bridgehead atoms. The van der Waals surface area contributed by atoms with E-state index >= 15 is 0 Å². The molecule has 1 aliphatic heterocycles. The van der Waals surface area contributed by atoms with Gasteiger partial charge in [0, 0.05) is 11.3 Å². The summed E-state index contributed by atoms with van der Waals surface area (Å²) in [6, 6.07) is 4.11. The van der Waals surface area contributed by atoms with Crippen LogP contribution in [0.4, 0.5) is 4.39 Å². The molecule has 0 aromatic heterocycles. The van der Waals surface area contributed by atoms with Crippen LogP contribution in [-0.4, -0.2) is 29.9 Å². The summed E-state index contributed by atoms with van der Waals surface area (Å²) in [6.07, 6.45) is 1.73. The van der Waals surface area contributed by atoms with Crippen molar-refractivity contribution in [2.75, 3.05) is 5.75 Å². The van der Waals surface area contributed by atoms with Crippen LogP contribution in [0.5, 0.6) is 0 Å². The molecule has 0 amide bonds. The van der Waals surface area contributed by atoms with Crippen LogP contribution in [0, 0.1) is 5.82 Å². The Kier molecular flexibility index (Phi) is 5.09. The van der Waals surface area contributed by atoms with E-state index in [1.54, 1.807) is 6.08 Å². The molecule has 1 heterocycles. The summed E-state index contributed by atoms with van der Waals surface area (Å²) in [5.74, 6) is -0.137. The fraction of sp³-hybridized carbons (Fsp3) is 0.471. The van der Waals surface area contributed by atoms with Crippen LogP contribution in [0.1, 0.15) is 50.5 Å². The van der Waals surface area contributed by atoms with E-state index in [4.69, 9.17) is 9.31 Å². The smallest absolute Gasteiger partial charge is 0.400 e. The van der Waals surface area contributed by atoms with E-state index in [0.29, 0.717) is 16.9 Å². The van der Waals surface area contributed by atoms with Gasteiger partial charge in [-0.05, 0) is 63.9 Å². The maximum absolute atomic E-state index is 13.6. The van der Waals surface area contributed by atoms with E-state index in [1.807, 2.05) is 27.7 Å². The summed E-state index contributed by atoms with van der Waals surface area (Å²) in [4.78, 5) is 11.7. The largest absolute Gasteiger partial charge is 0.491 e. The minimum atomic E-state index is -0.569. The van der Waals surface area contributed by atoms with E-state index in [2.05, 4.69) is 12.6 Å². The molecule has 0 aliphatic carbocycles. The second kappa shape index (κ2) is 6.42. The second-order valence-corrected chi connectivity index (χ2v) is 7.07. The van der Waals surface area contributed by atoms with Gasteiger partial charge in [-0.15, -0.1) is 0 Å². The third kappa shape index (κ3) is 3.70. The van der Waals surface area contributed by atoms with Crippen molar-refractivity contribution < 1.29 is 18.5 Å². The molecule has 23 heavy (non-hydrogen) atoms. The molecule has 1 aliphatic rings. The summed E-state index contributed by atoms with van der Waals surface area (Å²) in [7, 11) is -0.569. The fourth-order valence-electron chi connectivity index (χ4n) is 2.36. The highest BCUT2D eigenvalue weighted by atomic mass is 32.1. The van der Waals surface area contributed by atoms with E-state index in [1.165, 1.54) is 25.1 Å². The Hall–Kier alpha value is -1.11. The number of thiol groups is 1. The zero-order chi connectivity index (χ0) is 17.4. The highest BCUT2D eigenvalue weighted by molar-refractivity contribution is 7.80. The Morgan fingerprint density at radius 2 is 1.83 bits per heavy atom. The molecule has 3 nitrogen and oxygen atoms in total. The highest BCUT2D eigenvalue weighted by Crippen LogP contribution is 2.39. The van der Waals surface area contributed by atoms with Crippen LogP contribution in [0.25, 0.3) is 6.08 Å². The third-order valence-electron chi connectivity index (χ3n) is 4.47. The van der Waals surface area contributed by atoms with Crippen molar-refractivity contribution in [2.24, 2.45) is 0 Å². The Labute approximate surface area is 142 Å². The summed E-state index contributed by atoms with van der Waals surface area (Å²) < 4.78 is 25.6. The number of carbonyl (C=O) groups excluding carboxylic acids is 1. The number of hydrogen-bond acceptors (Lipinski definition) is 4. The second-order valence-electron chi connectivity index (χ2n) is 6.75. The zero-order valence-electron chi connectivity index (χ0n) is 14.1. The molecule has 1 aromatic carbocycles. The Morgan fingerprint density at radius 3 is 2.30 bits per heavy atom. The number of benzene rings is 1. The summed E-state index contributed by atoms with van der Waals surface area (Å²) in [5, 5.41) is 0. The average Bonchev–Trinajstić information content (AvgIpc) is 2.64. The van der Waals surface area contributed by atoms with Gasteiger partial charge in [-0.3, -0.25) is 4.79 Å². The van der Waals surface area contributed by atoms with Gasteiger partial charge in [0.2, 0.25) is 0 Å². The minimum Gasteiger partial charge on any atom is -0.400 e. The molecule has 6 heteroatoms. The first kappa shape index (κ1) is 18.2. The SMILES string of the molecule is CC(=O)c1ccc(F)cc1C=C(CS)B1OC(C)(C)C(C)(C)O1. The fourth-order valence-corrected chi connectivity index (χ4v) is 2.60. The first-order valence-corrected chi connectivity index (χ1v) is 8.18. The molecule has 0 N–H and O–H groups in total. The normalized spacial score (nSPS) is 20.0. The number of halogens is 1. The molecular formula is C17H22BFO3S. The topological polar surface area (TPSA) is 35.5 Å². The number of rotatable bonds is 4. The van der Waals surface area contributed by atoms with Gasteiger partial charge in [0.1, 0.15) is 5.82 Å². The Bertz CT molecular complexity index is 639. The lowest BCUT2D eigenvalue weighted by atomic mass is 9.78. The summed E-state index contributed by atoms with van der Waals surface area (Å²) in [5.41, 5.74) is 0.786. The standard InChI is InChI=1S/C17H22BFO3S/c1-11(20)15-7-6-14(19)9-12(15)8-13(10-23)18-21-16(2,3)17(4,5)22-18/h6-9,23H,10H2,1-5H3. The van der Waals surface area contributed by atoms with Crippen molar-refractivity contribution >= 4 is 31.6 Å². The monoisotopic (exact) mass is 336 g/mol. The predicted octanol–water partition coefficient (Wildman–Crippen LogP) is 3.97.